The second kappa shape index (κ2) is 6.84. The van der Waals surface area contributed by atoms with Gasteiger partial charge < -0.3 is 10.4 Å². The Morgan fingerprint density at radius 1 is 0.885 bits per heavy atom. The number of rotatable bonds is 4. The molecule has 0 saturated carbocycles. The van der Waals surface area contributed by atoms with Crippen LogP contribution in [0, 0.1) is 6.92 Å². The average Bonchev–Trinajstić information content (AvgIpc) is 2.69. The summed E-state index contributed by atoms with van der Waals surface area (Å²) in [4.78, 5) is 8.64. The van der Waals surface area contributed by atoms with Gasteiger partial charge in [-0.05, 0) is 42.8 Å². The van der Waals surface area contributed by atoms with E-state index in [4.69, 9.17) is 0 Å². The minimum Gasteiger partial charge on any atom is -0.505 e. The summed E-state index contributed by atoms with van der Waals surface area (Å²) in [6.45, 7) is 1.92. The van der Waals surface area contributed by atoms with Gasteiger partial charge in [-0.15, -0.1) is 0 Å². The molecule has 128 valence electrons. The minimum atomic E-state index is -0.216. The molecule has 0 unspecified atom stereocenters. The van der Waals surface area contributed by atoms with Gasteiger partial charge in [0.05, 0.1) is 6.04 Å². The summed E-state index contributed by atoms with van der Waals surface area (Å²) in [5, 5.41) is 15.4. The number of anilines is 1. The minimum absolute atomic E-state index is 0.205. The van der Waals surface area contributed by atoms with E-state index < -0.39 is 0 Å². The standard InChI is InChI=1S/C22H19N3O/c1-15-7-8-16-9-10-19(22(26)21(16)24-15)20(17-11-13-23-14-12-17)25-18-5-3-2-4-6-18/h2-14,20,25-26H,1H3/t20-/m0/s1. The number of pyridine rings is 2. The average molecular weight is 341 g/mol. The van der Waals surface area contributed by atoms with Crippen molar-refractivity contribution in [2.75, 3.05) is 5.32 Å². The molecule has 0 saturated heterocycles. The highest BCUT2D eigenvalue weighted by atomic mass is 16.3. The van der Waals surface area contributed by atoms with Gasteiger partial charge in [-0.2, -0.15) is 0 Å². The highest BCUT2D eigenvalue weighted by Crippen LogP contribution is 2.36. The SMILES string of the molecule is Cc1ccc2ccc([C@@H](Nc3ccccc3)c3ccncc3)c(O)c2n1. The highest BCUT2D eigenvalue weighted by molar-refractivity contribution is 5.86. The van der Waals surface area contributed by atoms with Gasteiger partial charge in [-0.3, -0.25) is 4.98 Å². The van der Waals surface area contributed by atoms with Gasteiger partial charge >= 0.3 is 0 Å². The van der Waals surface area contributed by atoms with Gasteiger partial charge in [0.15, 0.2) is 0 Å². The molecule has 2 heterocycles. The molecule has 0 fully saturated rings. The molecule has 26 heavy (non-hydrogen) atoms. The Morgan fingerprint density at radius 3 is 2.38 bits per heavy atom. The maximum atomic E-state index is 11.0. The molecule has 0 amide bonds. The monoisotopic (exact) mass is 341 g/mol. The molecule has 0 aliphatic carbocycles. The molecule has 0 spiro atoms. The summed E-state index contributed by atoms with van der Waals surface area (Å²) < 4.78 is 0. The normalized spacial score (nSPS) is 12.0. The van der Waals surface area contributed by atoms with Crippen molar-refractivity contribution >= 4 is 16.6 Å². The Balaban J connectivity index is 1.86. The molecule has 2 N–H and O–H groups in total. The lowest BCUT2D eigenvalue weighted by Gasteiger charge is -2.22. The van der Waals surface area contributed by atoms with Crippen LogP contribution in [0.25, 0.3) is 10.9 Å². The van der Waals surface area contributed by atoms with E-state index in [0.29, 0.717) is 5.52 Å². The largest absolute Gasteiger partial charge is 0.505 e. The number of benzene rings is 2. The summed E-state index contributed by atoms with van der Waals surface area (Å²) in [7, 11) is 0. The van der Waals surface area contributed by atoms with Crippen LogP contribution in [-0.2, 0) is 0 Å². The molecule has 4 nitrogen and oxygen atoms in total. The molecule has 4 aromatic rings. The Kier molecular flexibility index (Phi) is 4.23. The smallest absolute Gasteiger partial charge is 0.147 e. The van der Waals surface area contributed by atoms with E-state index in [1.54, 1.807) is 12.4 Å². The number of aromatic hydroxyl groups is 1. The molecule has 2 aromatic heterocycles. The molecule has 4 rings (SSSR count). The number of hydrogen-bond donors (Lipinski definition) is 2. The van der Waals surface area contributed by atoms with Crippen LogP contribution in [0.3, 0.4) is 0 Å². The number of phenolic OH excluding ortho intramolecular Hbond substituents is 1. The lowest BCUT2D eigenvalue weighted by Crippen LogP contribution is -2.13. The van der Waals surface area contributed by atoms with Gasteiger partial charge in [0, 0.05) is 34.7 Å². The number of nitrogens with one attached hydrogen (secondary N) is 1. The number of phenols is 1. The first kappa shape index (κ1) is 16.1. The van der Waals surface area contributed by atoms with Crippen LogP contribution in [0.2, 0.25) is 0 Å². The second-order valence-electron chi connectivity index (χ2n) is 6.25. The van der Waals surface area contributed by atoms with Crippen molar-refractivity contribution in [3.8, 4) is 5.75 Å². The van der Waals surface area contributed by atoms with E-state index in [0.717, 1.165) is 27.9 Å². The first-order valence-corrected chi connectivity index (χ1v) is 8.53. The molecular weight excluding hydrogens is 322 g/mol. The lowest BCUT2D eigenvalue weighted by molar-refractivity contribution is 0.471. The van der Waals surface area contributed by atoms with Crippen molar-refractivity contribution in [2.45, 2.75) is 13.0 Å². The maximum Gasteiger partial charge on any atom is 0.147 e. The van der Waals surface area contributed by atoms with Gasteiger partial charge in [-0.25, -0.2) is 4.98 Å². The Hall–Kier alpha value is -3.40. The summed E-state index contributed by atoms with van der Waals surface area (Å²) in [5.74, 6) is 0.205. The summed E-state index contributed by atoms with van der Waals surface area (Å²) in [6.07, 6.45) is 3.52. The van der Waals surface area contributed by atoms with Crippen molar-refractivity contribution in [1.82, 2.24) is 9.97 Å². The number of aryl methyl sites for hydroxylation is 1. The van der Waals surface area contributed by atoms with Crippen LogP contribution in [0.4, 0.5) is 5.69 Å². The van der Waals surface area contributed by atoms with Gasteiger partial charge in [0.1, 0.15) is 11.3 Å². The first-order valence-electron chi connectivity index (χ1n) is 8.53. The van der Waals surface area contributed by atoms with Crippen LogP contribution in [0.5, 0.6) is 5.75 Å². The van der Waals surface area contributed by atoms with E-state index in [1.807, 2.05) is 73.7 Å². The molecule has 0 bridgehead atoms. The lowest BCUT2D eigenvalue weighted by atomic mass is 9.96. The van der Waals surface area contributed by atoms with Gasteiger partial charge in [0.2, 0.25) is 0 Å². The number of para-hydroxylation sites is 1. The number of nitrogens with zero attached hydrogens (tertiary/aromatic N) is 2. The van der Waals surface area contributed by atoms with Crippen LogP contribution < -0.4 is 5.32 Å². The predicted molar refractivity (Wildman–Crippen MR) is 104 cm³/mol. The van der Waals surface area contributed by atoms with Crippen molar-refractivity contribution < 1.29 is 5.11 Å². The quantitative estimate of drug-likeness (QED) is 0.557. The van der Waals surface area contributed by atoms with Crippen LogP contribution in [-0.4, -0.2) is 15.1 Å². The predicted octanol–water partition coefficient (Wildman–Crippen LogP) is 4.85. The number of hydrogen-bond acceptors (Lipinski definition) is 4. The molecule has 2 aromatic carbocycles. The highest BCUT2D eigenvalue weighted by Gasteiger charge is 2.20. The fraction of sp³-hybridized carbons (Fsp3) is 0.0909. The van der Waals surface area contributed by atoms with Crippen LogP contribution in [0.15, 0.2) is 79.1 Å². The number of fused-ring (bicyclic) bond motifs is 1. The van der Waals surface area contributed by atoms with Crippen molar-refractivity contribution in [3.05, 3.63) is 95.9 Å². The number of aromatic nitrogens is 2. The van der Waals surface area contributed by atoms with E-state index in [9.17, 15) is 5.11 Å². The second-order valence-corrected chi connectivity index (χ2v) is 6.25. The molecule has 0 aliphatic rings. The van der Waals surface area contributed by atoms with Crippen molar-refractivity contribution in [2.24, 2.45) is 0 Å². The fourth-order valence-electron chi connectivity index (χ4n) is 3.12. The molecule has 0 radical (unpaired) electrons. The molecule has 1 atom stereocenters. The van der Waals surface area contributed by atoms with Gasteiger partial charge in [0.25, 0.3) is 0 Å². The molecule has 4 heteroatoms. The van der Waals surface area contributed by atoms with Gasteiger partial charge in [-0.1, -0.05) is 36.4 Å². The summed E-state index contributed by atoms with van der Waals surface area (Å²) in [5.41, 5.74) is 4.28. The third kappa shape index (κ3) is 3.09. The molecule has 0 aliphatic heterocycles. The molecular formula is C22H19N3O. The van der Waals surface area contributed by atoms with E-state index in [-0.39, 0.29) is 11.8 Å². The van der Waals surface area contributed by atoms with E-state index in [1.165, 1.54) is 0 Å². The van der Waals surface area contributed by atoms with Crippen LogP contribution in [0.1, 0.15) is 22.9 Å². The topological polar surface area (TPSA) is 58.0 Å². The van der Waals surface area contributed by atoms with E-state index in [2.05, 4.69) is 15.3 Å². The third-order valence-corrected chi connectivity index (χ3v) is 4.44. The fourth-order valence-corrected chi connectivity index (χ4v) is 3.12. The Labute approximate surface area is 152 Å². The van der Waals surface area contributed by atoms with E-state index >= 15 is 0 Å². The zero-order valence-electron chi connectivity index (χ0n) is 14.4. The first-order chi connectivity index (χ1) is 12.7. The summed E-state index contributed by atoms with van der Waals surface area (Å²) in [6, 6.07) is 21.5. The maximum absolute atomic E-state index is 11.0. The van der Waals surface area contributed by atoms with Crippen molar-refractivity contribution in [1.29, 1.82) is 0 Å². The Morgan fingerprint density at radius 2 is 1.62 bits per heavy atom. The zero-order chi connectivity index (χ0) is 17.9. The third-order valence-electron chi connectivity index (χ3n) is 4.44. The van der Waals surface area contributed by atoms with Crippen LogP contribution >= 0.6 is 0 Å². The Bertz CT molecular complexity index is 1030. The van der Waals surface area contributed by atoms with Crippen molar-refractivity contribution in [3.63, 3.8) is 0 Å². The zero-order valence-corrected chi connectivity index (χ0v) is 14.4. The summed E-state index contributed by atoms with van der Waals surface area (Å²) >= 11 is 0.